The van der Waals surface area contributed by atoms with Crippen LogP contribution in [0.25, 0.3) is 0 Å². The summed E-state index contributed by atoms with van der Waals surface area (Å²) in [6.45, 7) is 5.35. The van der Waals surface area contributed by atoms with Gasteiger partial charge < -0.3 is 9.64 Å². The van der Waals surface area contributed by atoms with Crippen LogP contribution in [0.5, 0.6) is 0 Å². The molecule has 0 unspecified atom stereocenters. The quantitative estimate of drug-likeness (QED) is 0.835. The Labute approximate surface area is 132 Å². The van der Waals surface area contributed by atoms with Crippen molar-refractivity contribution >= 4 is 5.91 Å². The van der Waals surface area contributed by atoms with Gasteiger partial charge in [0.05, 0.1) is 19.8 Å². The van der Waals surface area contributed by atoms with Crippen molar-refractivity contribution in [3.8, 4) is 0 Å². The lowest BCUT2D eigenvalue weighted by atomic mass is 9.61. The summed E-state index contributed by atoms with van der Waals surface area (Å²) in [5.41, 5.74) is 3.28. The number of morpholine rings is 1. The molecule has 3 aliphatic rings. The van der Waals surface area contributed by atoms with Gasteiger partial charge in [-0.1, -0.05) is 30.7 Å². The van der Waals surface area contributed by atoms with E-state index in [1.54, 1.807) is 0 Å². The number of fused-ring (bicyclic) bond motifs is 2. The number of ether oxygens (including phenoxy) is 1. The summed E-state index contributed by atoms with van der Waals surface area (Å²) >= 11 is 0. The van der Waals surface area contributed by atoms with Crippen LogP contribution in [0.4, 0.5) is 0 Å². The minimum absolute atomic E-state index is 0.261. The van der Waals surface area contributed by atoms with E-state index in [1.165, 1.54) is 30.4 Å². The largest absolute Gasteiger partial charge is 0.378 e. The van der Waals surface area contributed by atoms with Gasteiger partial charge in [0.25, 0.3) is 0 Å². The zero-order chi connectivity index (χ0) is 15.0. The van der Waals surface area contributed by atoms with Gasteiger partial charge in [0, 0.05) is 31.6 Å². The maximum atomic E-state index is 12.5. The molecule has 0 bridgehead atoms. The normalized spacial score (nSPS) is 23.9. The summed E-state index contributed by atoms with van der Waals surface area (Å²) in [5, 5.41) is 0. The van der Waals surface area contributed by atoms with E-state index in [1.807, 2.05) is 4.90 Å². The molecule has 0 atom stereocenters. The minimum atomic E-state index is 0.261. The second kappa shape index (κ2) is 5.67. The lowest BCUT2D eigenvalue weighted by molar-refractivity contribution is -0.137. The third-order valence-electron chi connectivity index (χ3n) is 5.54. The molecular formula is C18H24N2O2. The summed E-state index contributed by atoms with van der Waals surface area (Å²) in [6, 6.07) is 8.82. The van der Waals surface area contributed by atoms with Crippen LogP contribution in [0, 0.1) is 0 Å². The number of rotatable bonds is 2. The molecule has 1 aliphatic carbocycles. The van der Waals surface area contributed by atoms with Crippen LogP contribution >= 0.6 is 0 Å². The van der Waals surface area contributed by atoms with Crippen LogP contribution in [0.3, 0.4) is 0 Å². The number of carbonyl (C=O) groups is 1. The summed E-state index contributed by atoms with van der Waals surface area (Å²) in [7, 11) is 0. The molecule has 1 spiro atoms. The third-order valence-corrected chi connectivity index (χ3v) is 5.54. The van der Waals surface area contributed by atoms with Gasteiger partial charge in [-0.2, -0.15) is 0 Å². The number of carbonyl (C=O) groups excluding carboxylic acids is 1. The number of benzene rings is 1. The molecule has 4 heteroatoms. The van der Waals surface area contributed by atoms with Crippen molar-refractivity contribution in [1.29, 1.82) is 0 Å². The van der Waals surface area contributed by atoms with Gasteiger partial charge in [0.1, 0.15) is 0 Å². The standard InChI is InChI=1S/C18H24N2O2/c21-17(20-8-10-22-11-9-20)13-19-12-15-4-1-2-5-16(15)18(14-19)6-3-7-18/h1-2,4-5H,3,6-14H2. The highest BCUT2D eigenvalue weighted by Gasteiger charge is 2.44. The Bertz CT molecular complexity index is 562. The van der Waals surface area contributed by atoms with Crippen LogP contribution in [0.2, 0.25) is 0 Å². The molecule has 22 heavy (non-hydrogen) atoms. The summed E-state index contributed by atoms with van der Waals surface area (Å²) in [4.78, 5) is 16.8. The van der Waals surface area contributed by atoms with Crippen molar-refractivity contribution in [3.05, 3.63) is 35.4 Å². The van der Waals surface area contributed by atoms with Crippen LogP contribution in [0.15, 0.2) is 24.3 Å². The molecule has 4 rings (SSSR count). The Hall–Kier alpha value is -1.39. The van der Waals surface area contributed by atoms with Gasteiger partial charge in [0.2, 0.25) is 5.91 Å². The molecule has 2 fully saturated rings. The fourth-order valence-corrected chi connectivity index (χ4v) is 4.23. The molecule has 0 aromatic heterocycles. The minimum Gasteiger partial charge on any atom is -0.378 e. The van der Waals surface area contributed by atoms with Crippen molar-refractivity contribution in [3.63, 3.8) is 0 Å². The second-order valence-electron chi connectivity index (χ2n) is 6.93. The van der Waals surface area contributed by atoms with Gasteiger partial charge >= 0.3 is 0 Å². The zero-order valence-corrected chi connectivity index (χ0v) is 13.1. The van der Waals surface area contributed by atoms with Gasteiger partial charge in [0.15, 0.2) is 0 Å². The van der Waals surface area contributed by atoms with Crippen LogP contribution in [0.1, 0.15) is 30.4 Å². The Morgan fingerprint density at radius 3 is 2.68 bits per heavy atom. The molecule has 118 valence electrons. The van der Waals surface area contributed by atoms with Crippen molar-refractivity contribution in [2.24, 2.45) is 0 Å². The van der Waals surface area contributed by atoms with E-state index < -0.39 is 0 Å². The SMILES string of the molecule is O=C(CN1Cc2ccccc2C2(CCC2)C1)N1CCOCC1. The molecule has 1 saturated carbocycles. The number of hydrogen-bond donors (Lipinski definition) is 0. The second-order valence-corrected chi connectivity index (χ2v) is 6.93. The van der Waals surface area contributed by atoms with E-state index in [9.17, 15) is 4.79 Å². The van der Waals surface area contributed by atoms with Crippen molar-refractivity contribution < 1.29 is 9.53 Å². The lowest BCUT2D eigenvalue weighted by Gasteiger charge is -2.50. The number of nitrogens with zero attached hydrogens (tertiary/aromatic N) is 2. The molecule has 1 aromatic rings. The van der Waals surface area contributed by atoms with Crippen molar-refractivity contribution in [2.45, 2.75) is 31.2 Å². The average Bonchev–Trinajstić information content (AvgIpc) is 2.53. The first-order valence-corrected chi connectivity index (χ1v) is 8.43. The molecule has 0 N–H and O–H groups in total. The van der Waals surface area contributed by atoms with E-state index >= 15 is 0 Å². The van der Waals surface area contributed by atoms with E-state index in [2.05, 4.69) is 29.2 Å². The highest BCUT2D eigenvalue weighted by atomic mass is 16.5. The van der Waals surface area contributed by atoms with E-state index in [0.29, 0.717) is 25.2 Å². The van der Waals surface area contributed by atoms with Gasteiger partial charge in [-0.15, -0.1) is 0 Å². The Kier molecular flexibility index (Phi) is 3.66. The maximum Gasteiger partial charge on any atom is 0.236 e. The van der Waals surface area contributed by atoms with E-state index in [-0.39, 0.29) is 5.91 Å². The van der Waals surface area contributed by atoms with E-state index in [4.69, 9.17) is 4.74 Å². The maximum absolute atomic E-state index is 12.5. The summed E-state index contributed by atoms with van der Waals surface area (Å²) in [5.74, 6) is 0.261. The highest BCUT2D eigenvalue weighted by Crippen LogP contribution is 2.48. The van der Waals surface area contributed by atoms with E-state index in [0.717, 1.165) is 26.2 Å². The monoisotopic (exact) mass is 300 g/mol. The molecule has 2 heterocycles. The average molecular weight is 300 g/mol. The molecule has 4 nitrogen and oxygen atoms in total. The zero-order valence-electron chi connectivity index (χ0n) is 13.1. The Morgan fingerprint density at radius 2 is 1.95 bits per heavy atom. The lowest BCUT2D eigenvalue weighted by Crippen LogP contribution is -2.53. The number of amides is 1. The van der Waals surface area contributed by atoms with Gasteiger partial charge in [-0.3, -0.25) is 9.69 Å². The summed E-state index contributed by atoms with van der Waals surface area (Å²) < 4.78 is 5.34. The molecule has 2 aliphatic heterocycles. The van der Waals surface area contributed by atoms with Gasteiger partial charge in [-0.05, 0) is 24.0 Å². The Balaban J connectivity index is 1.49. The van der Waals surface area contributed by atoms with Crippen molar-refractivity contribution in [1.82, 2.24) is 9.80 Å². The molecule has 1 aromatic carbocycles. The molecule has 0 radical (unpaired) electrons. The fraction of sp³-hybridized carbons (Fsp3) is 0.611. The summed E-state index contributed by atoms with van der Waals surface area (Å²) in [6.07, 6.45) is 3.86. The number of hydrogen-bond acceptors (Lipinski definition) is 3. The van der Waals surface area contributed by atoms with Crippen molar-refractivity contribution in [2.75, 3.05) is 39.4 Å². The van der Waals surface area contributed by atoms with Gasteiger partial charge in [-0.25, -0.2) is 0 Å². The third kappa shape index (κ3) is 2.44. The predicted octanol–water partition coefficient (Wildman–Crippen LogP) is 1.78. The first kappa shape index (κ1) is 14.2. The highest BCUT2D eigenvalue weighted by molar-refractivity contribution is 5.78. The first-order valence-electron chi connectivity index (χ1n) is 8.43. The molecular weight excluding hydrogens is 276 g/mol. The first-order chi connectivity index (χ1) is 10.8. The fourth-order valence-electron chi connectivity index (χ4n) is 4.23. The topological polar surface area (TPSA) is 32.8 Å². The molecule has 1 saturated heterocycles. The predicted molar refractivity (Wildman–Crippen MR) is 84.6 cm³/mol. The van der Waals surface area contributed by atoms with Crippen LogP contribution < -0.4 is 0 Å². The van der Waals surface area contributed by atoms with Crippen LogP contribution in [-0.4, -0.2) is 55.1 Å². The Morgan fingerprint density at radius 1 is 1.18 bits per heavy atom. The smallest absolute Gasteiger partial charge is 0.236 e. The van der Waals surface area contributed by atoms with Crippen LogP contribution in [-0.2, 0) is 21.5 Å². The molecule has 1 amide bonds.